The molecule has 0 aromatic heterocycles. The lowest BCUT2D eigenvalue weighted by Crippen LogP contribution is -2.31. The molecule has 2 rings (SSSR count). The SMILES string of the molecule is CCc1ccc(N(CCCc2ccccc2)C(C)C)cc1. The maximum atomic E-state index is 2.50. The molecule has 0 aliphatic carbocycles. The van der Waals surface area contributed by atoms with Gasteiger partial charge in [0.25, 0.3) is 0 Å². The number of nitrogens with zero attached hydrogens (tertiary/aromatic N) is 1. The summed E-state index contributed by atoms with van der Waals surface area (Å²) in [5, 5.41) is 0. The van der Waals surface area contributed by atoms with Gasteiger partial charge in [-0.3, -0.25) is 0 Å². The molecule has 0 amide bonds. The first-order valence-corrected chi connectivity index (χ1v) is 8.10. The molecule has 1 heteroatoms. The molecule has 0 unspecified atom stereocenters. The molecule has 0 atom stereocenters. The molecule has 0 heterocycles. The third-order valence-electron chi connectivity index (χ3n) is 4.01. The second-order valence-electron chi connectivity index (χ2n) is 5.90. The van der Waals surface area contributed by atoms with E-state index in [0.29, 0.717) is 6.04 Å². The Balaban J connectivity index is 1.95. The zero-order valence-electron chi connectivity index (χ0n) is 13.5. The Morgan fingerprint density at radius 3 is 2.10 bits per heavy atom. The average molecular weight is 281 g/mol. The molecule has 0 aliphatic rings. The number of benzene rings is 2. The summed E-state index contributed by atoms with van der Waals surface area (Å²) in [6.45, 7) is 7.86. The van der Waals surface area contributed by atoms with Crippen LogP contribution in [-0.2, 0) is 12.8 Å². The molecule has 2 aromatic rings. The van der Waals surface area contributed by atoms with Crippen LogP contribution >= 0.6 is 0 Å². The third-order valence-corrected chi connectivity index (χ3v) is 4.01. The fraction of sp³-hybridized carbons (Fsp3) is 0.400. The highest BCUT2D eigenvalue weighted by Gasteiger charge is 2.10. The van der Waals surface area contributed by atoms with Crippen molar-refractivity contribution in [2.24, 2.45) is 0 Å². The van der Waals surface area contributed by atoms with Gasteiger partial charge in [-0.1, -0.05) is 49.4 Å². The molecule has 21 heavy (non-hydrogen) atoms. The predicted molar refractivity (Wildman–Crippen MR) is 93.1 cm³/mol. The molecule has 0 saturated carbocycles. The molecule has 2 aromatic carbocycles. The Bertz CT molecular complexity index is 513. The van der Waals surface area contributed by atoms with E-state index in [9.17, 15) is 0 Å². The van der Waals surface area contributed by atoms with E-state index >= 15 is 0 Å². The van der Waals surface area contributed by atoms with Gasteiger partial charge in [-0.15, -0.1) is 0 Å². The van der Waals surface area contributed by atoms with Crippen molar-refractivity contribution in [1.29, 1.82) is 0 Å². The van der Waals surface area contributed by atoms with Crippen LogP contribution in [0.5, 0.6) is 0 Å². The lowest BCUT2D eigenvalue weighted by atomic mass is 10.1. The fourth-order valence-corrected chi connectivity index (χ4v) is 2.71. The molecule has 0 radical (unpaired) electrons. The molecule has 0 fully saturated rings. The molecule has 0 spiro atoms. The summed E-state index contributed by atoms with van der Waals surface area (Å²) in [7, 11) is 0. The lowest BCUT2D eigenvalue weighted by molar-refractivity contribution is 0.652. The molecule has 112 valence electrons. The minimum atomic E-state index is 0.535. The standard InChI is InChI=1S/C20H27N/c1-4-18-12-14-20(15-13-18)21(17(2)3)16-8-11-19-9-6-5-7-10-19/h5-7,9-10,12-15,17H,4,8,11,16H2,1-3H3. The van der Waals surface area contributed by atoms with Gasteiger partial charge in [0.15, 0.2) is 0 Å². The zero-order valence-corrected chi connectivity index (χ0v) is 13.5. The first-order valence-electron chi connectivity index (χ1n) is 8.10. The van der Waals surface area contributed by atoms with E-state index in [1.165, 1.54) is 23.2 Å². The minimum Gasteiger partial charge on any atom is -0.369 e. The van der Waals surface area contributed by atoms with Crippen LogP contribution in [0.25, 0.3) is 0 Å². The van der Waals surface area contributed by atoms with Crippen LogP contribution in [0.4, 0.5) is 5.69 Å². The van der Waals surface area contributed by atoms with Crippen LogP contribution in [0.15, 0.2) is 54.6 Å². The van der Waals surface area contributed by atoms with E-state index < -0.39 is 0 Å². The lowest BCUT2D eigenvalue weighted by Gasteiger charge is -2.29. The highest BCUT2D eigenvalue weighted by molar-refractivity contribution is 5.48. The van der Waals surface area contributed by atoms with Crippen LogP contribution in [0.2, 0.25) is 0 Å². The summed E-state index contributed by atoms with van der Waals surface area (Å²) in [6, 6.07) is 20.3. The second-order valence-corrected chi connectivity index (χ2v) is 5.90. The van der Waals surface area contributed by atoms with Crippen molar-refractivity contribution in [2.75, 3.05) is 11.4 Å². The molecule has 0 bridgehead atoms. The van der Waals surface area contributed by atoms with Crippen molar-refractivity contribution in [3.63, 3.8) is 0 Å². The van der Waals surface area contributed by atoms with E-state index in [2.05, 4.69) is 80.3 Å². The maximum absolute atomic E-state index is 2.50. The van der Waals surface area contributed by atoms with Crippen molar-refractivity contribution >= 4 is 5.69 Å². The van der Waals surface area contributed by atoms with Crippen LogP contribution in [-0.4, -0.2) is 12.6 Å². The van der Waals surface area contributed by atoms with Crippen LogP contribution in [0.1, 0.15) is 38.3 Å². The van der Waals surface area contributed by atoms with E-state index in [4.69, 9.17) is 0 Å². The summed E-state index contributed by atoms with van der Waals surface area (Å²) in [4.78, 5) is 2.50. The highest BCUT2D eigenvalue weighted by atomic mass is 15.1. The Morgan fingerprint density at radius 2 is 1.52 bits per heavy atom. The minimum absolute atomic E-state index is 0.535. The summed E-state index contributed by atoms with van der Waals surface area (Å²) in [6.07, 6.45) is 3.45. The van der Waals surface area contributed by atoms with Gasteiger partial charge in [0.05, 0.1) is 0 Å². The summed E-state index contributed by atoms with van der Waals surface area (Å²) in [5.74, 6) is 0. The van der Waals surface area contributed by atoms with Gasteiger partial charge in [0, 0.05) is 18.3 Å². The molecule has 0 aliphatic heterocycles. The molecule has 0 N–H and O–H groups in total. The first-order chi connectivity index (χ1) is 10.2. The monoisotopic (exact) mass is 281 g/mol. The largest absolute Gasteiger partial charge is 0.369 e. The third kappa shape index (κ3) is 4.63. The van der Waals surface area contributed by atoms with Crippen molar-refractivity contribution in [2.45, 2.75) is 46.1 Å². The smallest absolute Gasteiger partial charge is 0.0368 e. The fourth-order valence-electron chi connectivity index (χ4n) is 2.71. The topological polar surface area (TPSA) is 3.24 Å². The second kappa shape index (κ2) is 7.87. The summed E-state index contributed by atoms with van der Waals surface area (Å²) in [5.41, 5.74) is 4.18. The Morgan fingerprint density at radius 1 is 0.857 bits per heavy atom. The van der Waals surface area contributed by atoms with E-state index in [0.717, 1.165) is 19.4 Å². The first kappa shape index (κ1) is 15.6. The molecular weight excluding hydrogens is 254 g/mol. The Labute approximate surface area is 129 Å². The summed E-state index contributed by atoms with van der Waals surface area (Å²) >= 11 is 0. The zero-order chi connectivity index (χ0) is 15.1. The van der Waals surface area contributed by atoms with Gasteiger partial charge in [0.2, 0.25) is 0 Å². The van der Waals surface area contributed by atoms with Gasteiger partial charge < -0.3 is 4.90 Å². The van der Waals surface area contributed by atoms with Crippen molar-refractivity contribution in [3.8, 4) is 0 Å². The number of rotatable bonds is 7. The van der Waals surface area contributed by atoms with Gasteiger partial charge in [-0.05, 0) is 56.4 Å². The van der Waals surface area contributed by atoms with E-state index in [-0.39, 0.29) is 0 Å². The molecular formula is C20H27N. The van der Waals surface area contributed by atoms with Gasteiger partial charge in [-0.2, -0.15) is 0 Å². The average Bonchev–Trinajstić information content (AvgIpc) is 2.52. The summed E-state index contributed by atoms with van der Waals surface area (Å²) < 4.78 is 0. The van der Waals surface area contributed by atoms with Crippen LogP contribution in [0.3, 0.4) is 0 Å². The number of hydrogen-bond donors (Lipinski definition) is 0. The van der Waals surface area contributed by atoms with Gasteiger partial charge in [-0.25, -0.2) is 0 Å². The van der Waals surface area contributed by atoms with Gasteiger partial charge in [0.1, 0.15) is 0 Å². The van der Waals surface area contributed by atoms with Crippen LogP contribution in [0, 0.1) is 0 Å². The normalized spacial score (nSPS) is 10.9. The van der Waals surface area contributed by atoms with E-state index in [1.807, 2.05) is 0 Å². The van der Waals surface area contributed by atoms with E-state index in [1.54, 1.807) is 0 Å². The van der Waals surface area contributed by atoms with Crippen molar-refractivity contribution in [3.05, 3.63) is 65.7 Å². The quantitative estimate of drug-likeness (QED) is 0.682. The van der Waals surface area contributed by atoms with Gasteiger partial charge >= 0.3 is 0 Å². The molecule has 0 saturated heterocycles. The van der Waals surface area contributed by atoms with Crippen molar-refractivity contribution in [1.82, 2.24) is 0 Å². The number of aryl methyl sites for hydroxylation is 2. The van der Waals surface area contributed by atoms with Crippen LogP contribution < -0.4 is 4.90 Å². The Hall–Kier alpha value is -1.76. The number of hydrogen-bond acceptors (Lipinski definition) is 1. The van der Waals surface area contributed by atoms with Crippen molar-refractivity contribution < 1.29 is 0 Å². The number of anilines is 1. The predicted octanol–water partition coefficient (Wildman–Crippen LogP) is 5.10. The Kier molecular flexibility index (Phi) is 5.86. The highest BCUT2D eigenvalue weighted by Crippen LogP contribution is 2.19. The maximum Gasteiger partial charge on any atom is 0.0368 e. The molecule has 1 nitrogen and oxygen atoms in total.